The van der Waals surface area contributed by atoms with Gasteiger partial charge in [0.25, 0.3) is 0 Å². The fourth-order valence-corrected chi connectivity index (χ4v) is 4.42. The average molecular weight is 311 g/mol. The van der Waals surface area contributed by atoms with Gasteiger partial charge in [-0.25, -0.2) is 8.42 Å². The molecule has 0 bridgehead atoms. The van der Waals surface area contributed by atoms with Gasteiger partial charge in [0.05, 0.1) is 30.6 Å². The Labute approximate surface area is 125 Å². The number of amides is 1. The first kappa shape index (κ1) is 15.8. The van der Waals surface area contributed by atoms with E-state index in [1.165, 1.54) is 0 Å². The lowest BCUT2D eigenvalue weighted by molar-refractivity contribution is -0.135. The fraction of sp³-hybridized carbons (Fsp3) is 0.533. The Morgan fingerprint density at radius 2 is 2.05 bits per heavy atom. The van der Waals surface area contributed by atoms with Crippen molar-refractivity contribution in [3.8, 4) is 5.75 Å². The summed E-state index contributed by atoms with van der Waals surface area (Å²) in [4.78, 5) is 14.1. The monoisotopic (exact) mass is 311 g/mol. The summed E-state index contributed by atoms with van der Waals surface area (Å²) in [5.74, 6) is 0.269. The molecule has 0 spiro atoms. The molecular formula is C15H21NO4S. The van der Waals surface area contributed by atoms with Gasteiger partial charge in [0.2, 0.25) is 5.91 Å². The van der Waals surface area contributed by atoms with E-state index in [-0.39, 0.29) is 23.5 Å². The highest BCUT2D eigenvalue weighted by atomic mass is 32.2. The number of para-hydroxylation sites is 1. The number of ether oxygens (including phenoxy) is 1. The van der Waals surface area contributed by atoms with Crippen LogP contribution in [0.15, 0.2) is 24.3 Å². The van der Waals surface area contributed by atoms with Gasteiger partial charge in [-0.3, -0.25) is 4.79 Å². The van der Waals surface area contributed by atoms with E-state index in [2.05, 4.69) is 0 Å². The lowest BCUT2D eigenvalue weighted by Crippen LogP contribution is -2.35. The van der Waals surface area contributed by atoms with E-state index in [0.29, 0.717) is 6.42 Å². The van der Waals surface area contributed by atoms with Crippen LogP contribution in [0.4, 0.5) is 0 Å². The minimum atomic E-state index is -3.05. The van der Waals surface area contributed by atoms with Gasteiger partial charge in [0.1, 0.15) is 5.75 Å². The van der Waals surface area contributed by atoms with Gasteiger partial charge in [-0.1, -0.05) is 18.2 Å². The lowest BCUT2D eigenvalue weighted by atomic mass is 10.0. The van der Waals surface area contributed by atoms with Crippen molar-refractivity contribution in [1.82, 2.24) is 4.90 Å². The molecule has 5 nitrogen and oxygen atoms in total. The highest BCUT2D eigenvalue weighted by molar-refractivity contribution is 7.91. The predicted octanol–water partition coefficient (Wildman–Crippen LogP) is 1.65. The zero-order valence-corrected chi connectivity index (χ0v) is 13.4. The molecule has 0 radical (unpaired) electrons. The van der Waals surface area contributed by atoms with Crippen LogP contribution in [0, 0.1) is 5.92 Å². The summed E-state index contributed by atoms with van der Waals surface area (Å²) in [6.45, 7) is 1.92. The van der Waals surface area contributed by atoms with E-state index in [1.807, 2.05) is 31.2 Å². The SMILES string of the molecule is COc1ccccc1[C@@H](C)N(C)C(=O)[C@@H]1CCS(=O)(=O)C1. The lowest BCUT2D eigenvalue weighted by Gasteiger charge is -2.28. The summed E-state index contributed by atoms with van der Waals surface area (Å²) in [5.41, 5.74) is 0.914. The van der Waals surface area contributed by atoms with E-state index in [0.717, 1.165) is 11.3 Å². The number of hydrogen-bond donors (Lipinski definition) is 0. The van der Waals surface area contributed by atoms with E-state index in [9.17, 15) is 13.2 Å². The van der Waals surface area contributed by atoms with Crippen LogP contribution in [0.5, 0.6) is 5.75 Å². The van der Waals surface area contributed by atoms with Gasteiger partial charge < -0.3 is 9.64 Å². The molecule has 2 rings (SSSR count). The number of sulfone groups is 1. The molecule has 0 unspecified atom stereocenters. The molecule has 1 aromatic carbocycles. The Kier molecular flexibility index (Phi) is 4.56. The van der Waals surface area contributed by atoms with Crippen LogP contribution < -0.4 is 4.74 Å². The molecule has 116 valence electrons. The molecule has 0 N–H and O–H groups in total. The molecule has 1 heterocycles. The van der Waals surface area contributed by atoms with Gasteiger partial charge in [0.15, 0.2) is 9.84 Å². The maximum absolute atomic E-state index is 12.5. The average Bonchev–Trinajstić information content (AvgIpc) is 2.85. The van der Waals surface area contributed by atoms with Crippen molar-refractivity contribution in [3.05, 3.63) is 29.8 Å². The summed E-state index contributed by atoms with van der Waals surface area (Å²) in [7, 11) is 0.257. The number of benzene rings is 1. The van der Waals surface area contributed by atoms with Gasteiger partial charge in [-0.05, 0) is 19.4 Å². The normalized spacial score (nSPS) is 21.8. The Morgan fingerprint density at radius 3 is 2.62 bits per heavy atom. The molecular weight excluding hydrogens is 290 g/mol. The standard InChI is InChI=1S/C15H21NO4S/c1-11(13-6-4-5-7-14(13)20-3)16(2)15(17)12-8-9-21(18,19)10-12/h4-7,11-12H,8-10H2,1-3H3/t11-,12-/m1/s1. The molecule has 1 aromatic rings. The molecule has 0 aromatic heterocycles. The first-order valence-corrected chi connectivity index (χ1v) is 8.78. The van der Waals surface area contributed by atoms with Crippen molar-refractivity contribution in [2.45, 2.75) is 19.4 Å². The Morgan fingerprint density at radius 1 is 1.38 bits per heavy atom. The quantitative estimate of drug-likeness (QED) is 0.848. The van der Waals surface area contributed by atoms with Gasteiger partial charge in [0, 0.05) is 12.6 Å². The second-order valence-corrected chi connectivity index (χ2v) is 7.70. The third-order valence-electron chi connectivity index (χ3n) is 4.10. The number of carbonyl (C=O) groups excluding carboxylic acids is 1. The zero-order valence-electron chi connectivity index (χ0n) is 12.6. The van der Waals surface area contributed by atoms with Crippen LogP contribution in [0.2, 0.25) is 0 Å². The largest absolute Gasteiger partial charge is 0.496 e. The highest BCUT2D eigenvalue weighted by Gasteiger charge is 2.36. The summed E-state index contributed by atoms with van der Waals surface area (Å²) in [6.07, 6.45) is 0.421. The van der Waals surface area contributed by atoms with E-state index < -0.39 is 15.8 Å². The van der Waals surface area contributed by atoms with Crippen LogP contribution in [-0.2, 0) is 14.6 Å². The topological polar surface area (TPSA) is 63.7 Å². The van der Waals surface area contributed by atoms with Crippen LogP contribution in [0.1, 0.15) is 24.9 Å². The van der Waals surface area contributed by atoms with Gasteiger partial charge in [-0.2, -0.15) is 0 Å². The number of rotatable bonds is 4. The van der Waals surface area contributed by atoms with Crippen molar-refractivity contribution in [1.29, 1.82) is 0 Å². The Hall–Kier alpha value is -1.56. The predicted molar refractivity (Wildman–Crippen MR) is 80.9 cm³/mol. The molecule has 1 amide bonds. The molecule has 2 atom stereocenters. The third kappa shape index (κ3) is 3.37. The van der Waals surface area contributed by atoms with Gasteiger partial charge >= 0.3 is 0 Å². The maximum Gasteiger partial charge on any atom is 0.226 e. The summed E-state index contributed by atoms with van der Waals surface area (Å²) < 4.78 is 28.4. The van der Waals surface area contributed by atoms with Crippen molar-refractivity contribution in [2.75, 3.05) is 25.7 Å². The first-order chi connectivity index (χ1) is 9.85. The minimum absolute atomic E-state index is 0.0329. The second-order valence-electron chi connectivity index (χ2n) is 5.47. The molecule has 6 heteroatoms. The summed E-state index contributed by atoms with van der Waals surface area (Å²) in [6, 6.07) is 7.37. The van der Waals surface area contributed by atoms with Crippen molar-refractivity contribution < 1.29 is 17.9 Å². The smallest absolute Gasteiger partial charge is 0.226 e. The molecule has 0 aliphatic carbocycles. The zero-order chi connectivity index (χ0) is 15.6. The molecule has 1 saturated heterocycles. The van der Waals surface area contributed by atoms with Crippen molar-refractivity contribution in [3.63, 3.8) is 0 Å². The van der Waals surface area contributed by atoms with Gasteiger partial charge in [-0.15, -0.1) is 0 Å². The molecule has 1 aliphatic rings. The van der Waals surface area contributed by atoms with E-state index in [4.69, 9.17) is 4.74 Å². The fourth-order valence-electron chi connectivity index (χ4n) is 2.69. The van der Waals surface area contributed by atoms with Crippen LogP contribution in [-0.4, -0.2) is 44.9 Å². The van der Waals surface area contributed by atoms with Crippen molar-refractivity contribution >= 4 is 15.7 Å². The Balaban J connectivity index is 2.15. The second kappa shape index (κ2) is 6.05. The maximum atomic E-state index is 12.5. The molecule has 1 aliphatic heterocycles. The summed E-state index contributed by atoms with van der Waals surface area (Å²) in [5, 5.41) is 0. The minimum Gasteiger partial charge on any atom is -0.496 e. The molecule has 21 heavy (non-hydrogen) atoms. The highest BCUT2D eigenvalue weighted by Crippen LogP contribution is 2.30. The van der Waals surface area contributed by atoms with E-state index in [1.54, 1.807) is 19.1 Å². The van der Waals surface area contributed by atoms with E-state index >= 15 is 0 Å². The number of methoxy groups -OCH3 is 1. The molecule has 0 saturated carbocycles. The number of hydrogen-bond acceptors (Lipinski definition) is 4. The summed E-state index contributed by atoms with van der Waals surface area (Å²) >= 11 is 0. The number of nitrogens with zero attached hydrogens (tertiary/aromatic N) is 1. The molecule has 1 fully saturated rings. The Bertz CT molecular complexity index is 626. The third-order valence-corrected chi connectivity index (χ3v) is 5.87. The number of carbonyl (C=O) groups is 1. The first-order valence-electron chi connectivity index (χ1n) is 6.95. The van der Waals surface area contributed by atoms with Crippen LogP contribution >= 0.6 is 0 Å². The van der Waals surface area contributed by atoms with Crippen molar-refractivity contribution in [2.24, 2.45) is 5.92 Å². The van der Waals surface area contributed by atoms with Crippen LogP contribution in [0.3, 0.4) is 0 Å². The van der Waals surface area contributed by atoms with Crippen LogP contribution in [0.25, 0.3) is 0 Å².